The fourth-order valence-corrected chi connectivity index (χ4v) is 2.42. The van der Waals surface area contributed by atoms with E-state index in [0.717, 1.165) is 4.90 Å². The lowest BCUT2D eigenvalue weighted by Crippen LogP contribution is -2.07. The average Bonchev–Trinajstić information content (AvgIpc) is 3.01. The van der Waals surface area contributed by atoms with Crippen molar-refractivity contribution in [1.29, 1.82) is 0 Å². The van der Waals surface area contributed by atoms with Crippen LogP contribution in [0.15, 0.2) is 52.8 Å². The van der Waals surface area contributed by atoms with E-state index in [1.807, 2.05) is 0 Å². The molecule has 1 N–H and O–H groups in total. The molecule has 0 spiro atoms. The quantitative estimate of drug-likeness (QED) is 0.798. The fraction of sp³-hybridized carbons (Fsp3) is 0.0769. The summed E-state index contributed by atoms with van der Waals surface area (Å²) in [6.45, 7) is 0. The number of rotatable bonds is 4. The van der Waals surface area contributed by atoms with E-state index in [2.05, 4.69) is 25.4 Å². The number of hydrogen-bond acceptors (Lipinski definition) is 6. The average molecular weight is 302 g/mol. The number of halogens is 1. The molecule has 3 aromatic rings. The molecule has 0 bridgehead atoms. The zero-order chi connectivity index (χ0) is 14.7. The molecule has 1 aromatic carbocycles. The van der Waals surface area contributed by atoms with E-state index < -0.39 is 0 Å². The molecule has 6 nitrogen and oxygen atoms in total. The Morgan fingerprint density at radius 3 is 2.81 bits per heavy atom. The van der Waals surface area contributed by atoms with Gasteiger partial charge in [0, 0.05) is 24.3 Å². The predicted molar refractivity (Wildman–Crippen MR) is 77.0 cm³/mol. The van der Waals surface area contributed by atoms with Gasteiger partial charge in [0.15, 0.2) is 5.16 Å². The summed E-state index contributed by atoms with van der Waals surface area (Å²) in [6.07, 6.45) is 3.38. The van der Waals surface area contributed by atoms with Gasteiger partial charge in [0.2, 0.25) is 5.95 Å². The van der Waals surface area contributed by atoms with Crippen molar-refractivity contribution in [3.63, 3.8) is 0 Å². The maximum absolute atomic E-state index is 13.2. The molecule has 0 saturated carbocycles. The molecule has 0 aliphatic heterocycles. The van der Waals surface area contributed by atoms with Crippen molar-refractivity contribution >= 4 is 17.7 Å². The lowest BCUT2D eigenvalue weighted by atomic mass is 10.4. The van der Waals surface area contributed by atoms with Crippen molar-refractivity contribution in [2.45, 2.75) is 10.1 Å². The van der Waals surface area contributed by atoms with Crippen molar-refractivity contribution in [3.8, 4) is 5.95 Å². The third-order valence-corrected chi connectivity index (χ3v) is 3.40. The van der Waals surface area contributed by atoms with Crippen LogP contribution in [0, 0.1) is 5.82 Å². The Bertz CT molecular complexity index is 746. The molecule has 0 amide bonds. The van der Waals surface area contributed by atoms with Gasteiger partial charge in [0.1, 0.15) is 5.82 Å². The molecular weight excluding hydrogens is 291 g/mol. The first-order chi connectivity index (χ1) is 10.2. The zero-order valence-electron chi connectivity index (χ0n) is 11.1. The molecule has 106 valence electrons. The van der Waals surface area contributed by atoms with Crippen LogP contribution >= 0.6 is 11.8 Å². The monoisotopic (exact) mass is 302 g/mol. The van der Waals surface area contributed by atoms with E-state index >= 15 is 0 Å². The first kappa shape index (κ1) is 13.5. The van der Waals surface area contributed by atoms with Gasteiger partial charge in [-0.15, -0.1) is 0 Å². The van der Waals surface area contributed by atoms with Gasteiger partial charge < -0.3 is 5.32 Å². The minimum Gasteiger partial charge on any atom is -0.357 e. The normalized spacial score (nSPS) is 10.6. The summed E-state index contributed by atoms with van der Waals surface area (Å²) in [5.74, 6) is 0.530. The van der Waals surface area contributed by atoms with Crippen LogP contribution < -0.4 is 5.32 Å². The molecule has 8 heteroatoms. The van der Waals surface area contributed by atoms with Crippen LogP contribution in [0.5, 0.6) is 0 Å². The van der Waals surface area contributed by atoms with E-state index in [1.165, 1.54) is 28.6 Å². The summed E-state index contributed by atoms with van der Waals surface area (Å²) in [6, 6.07) is 8.05. The number of nitrogens with zero attached hydrogens (tertiary/aromatic N) is 5. The second kappa shape index (κ2) is 5.88. The molecule has 0 aliphatic carbocycles. The summed E-state index contributed by atoms with van der Waals surface area (Å²) in [5.41, 5.74) is 0. The van der Waals surface area contributed by atoms with Crippen LogP contribution in [0.25, 0.3) is 5.95 Å². The van der Waals surface area contributed by atoms with E-state index in [9.17, 15) is 4.39 Å². The lowest BCUT2D eigenvalue weighted by Gasteiger charge is -2.06. The molecule has 2 heterocycles. The summed E-state index contributed by atoms with van der Waals surface area (Å²) in [7, 11) is 1.72. The third-order valence-electron chi connectivity index (χ3n) is 2.54. The summed E-state index contributed by atoms with van der Waals surface area (Å²) < 4.78 is 14.8. The van der Waals surface area contributed by atoms with Gasteiger partial charge in [-0.25, -0.2) is 9.07 Å². The Morgan fingerprint density at radius 1 is 1.19 bits per heavy atom. The van der Waals surface area contributed by atoms with Crippen LogP contribution in [0.2, 0.25) is 0 Å². The first-order valence-corrected chi connectivity index (χ1v) is 6.93. The second-order valence-corrected chi connectivity index (χ2v) is 5.04. The molecule has 0 saturated heterocycles. The minimum atomic E-state index is -0.296. The van der Waals surface area contributed by atoms with Gasteiger partial charge in [-0.3, -0.25) is 0 Å². The summed E-state index contributed by atoms with van der Waals surface area (Å²) in [5, 5.41) is 7.43. The molecule has 0 unspecified atom stereocenters. The number of nitrogens with one attached hydrogen (secondary N) is 1. The van der Waals surface area contributed by atoms with Crippen molar-refractivity contribution in [1.82, 2.24) is 24.7 Å². The fourth-order valence-electron chi connectivity index (χ4n) is 1.63. The largest absolute Gasteiger partial charge is 0.357 e. The van der Waals surface area contributed by atoms with Crippen LogP contribution in [0.1, 0.15) is 0 Å². The number of benzene rings is 1. The number of anilines is 1. The Kier molecular flexibility index (Phi) is 3.78. The Labute approximate surface area is 124 Å². The van der Waals surface area contributed by atoms with E-state index in [1.54, 1.807) is 37.6 Å². The molecular formula is C13H11FN6S. The van der Waals surface area contributed by atoms with Crippen molar-refractivity contribution in [2.75, 3.05) is 12.4 Å². The van der Waals surface area contributed by atoms with Gasteiger partial charge in [-0.2, -0.15) is 20.1 Å². The molecule has 0 aliphatic rings. The van der Waals surface area contributed by atoms with Crippen molar-refractivity contribution < 1.29 is 4.39 Å². The Hall–Kier alpha value is -2.48. The Morgan fingerprint density at radius 2 is 2.10 bits per heavy atom. The summed E-state index contributed by atoms with van der Waals surface area (Å²) >= 11 is 1.26. The first-order valence-electron chi connectivity index (χ1n) is 6.12. The third kappa shape index (κ3) is 3.16. The maximum Gasteiger partial charge on any atom is 0.256 e. The van der Waals surface area contributed by atoms with Crippen LogP contribution in [-0.2, 0) is 0 Å². The standard InChI is InChI=1S/C13H11FN6S/c1-15-11-17-12(20-7-3-6-16-20)19-13(18-11)21-10-5-2-4-9(14)8-10/h2-8H,1H3,(H,15,17,18,19). The molecule has 0 atom stereocenters. The molecule has 0 fully saturated rings. The Balaban J connectivity index is 1.96. The van der Waals surface area contributed by atoms with Crippen molar-refractivity contribution in [2.24, 2.45) is 0 Å². The maximum atomic E-state index is 13.2. The highest BCUT2D eigenvalue weighted by molar-refractivity contribution is 7.99. The molecule has 2 aromatic heterocycles. The van der Waals surface area contributed by atoms with Gasteiger partial charge in [-0.05, 0) is 36.0 Å². The minimum absolute atomic E-state index is 0.296. The smallest absolute Gasteiger partial charge is 0.256 e. The topological polar surface area (TPSA) is 68.5 Å². The van der Waals surface area contributed by atoms with Gasteiger partial charge in [-0.1, -0.05) is 6.07 Å². The molecule has 0 radical (unpaired) electrons. The number of hydrogen-bond donors (Lipinski definition) is 1. The van der Waals surface area contributed by atoms with E-state index in [0.29, 0.717) is 17.1 Å². The highest BCUT2D eigenvalue weighted by Crippen LogP contribution is 2.26. The number of aromatic nitrogens is 5. The van der Waals surface area contributed by atoms with Crippen molar-refractivity contribution in [3.05, 3.63) is 48.5 Å². The van der Waals surface area contributed by atoms with E-state index in [-0.39, 0.29) is 5.82 Å². The second-order valence-electron chi connectivity index (χ2n) is 4.00. The summed E-state index contributed by atoms with van der Waals surface area (Å²) in [4.78, 5) is 13.5. The SMILES string of the molecule is CNc1nc(Sc2cccc(F)c2)nc(-n2cccn2)n1. The van der Waals surface area contributed by atoms with E-state index in [4.69, 9.17) is 0 Å². The molecule has 21 heavy (non-hydrogen) atoms. The molecule has 3 rings (SSSR count). The van der Waals surface area contributed by atoms with Crippen LogP contribution in [0.4, 0.5) is 10.3 Å². The highest BCUT2D eigenvalue weighted by Gasteiger charge is 2.09. The van der Waals surface area contributed by atoms with Gasteiger partial charge >= 0.3 is 0 Å². The van der Waals surface area contributed by atoms with Gasteiger partial charge in [0.05, 0.1) is 0 Å². The van der Waals surface area contributed by atoms with Crippen LogP contribution in [0.3, 0.4) is 0 Å². The van der Waals surface area contributed by atoms with Gasteiger partial charge in [0.25, 0.3) is 5.95 Å². The van der Waals surface area contributed by atoms with Crippen LogP contribution in [-0.4, -0.2) is 31.8 Å². The lowest BCUT2D eigenvalue weighted by molar-refractivity contribution is 0.624. The highest BCUT2D eigenvalue weighted by atomic mass is 32.2. The zero-order valence-corrected chi connectivity index (χ0v) is 11.9. The predicted octanol–water partition coefficient (Wildman–Crippen LogP) is 2.39.